The summed E-state index contributed by atoms with van der Waals surface area (Å²) in [5.74, 6) is 0.574. The molecule has 2 aliphatic heterocycles. The van der Waals surface area contributed by atoms with Crippen molar-refractivity contribution in [1.29, 1.82) is 0 Å². The zero-order chi connectivity index (χ0) is 19.2. The summed E-state index contributed by atoms with van der Waals surface area (Å²) in [6.45, 7) is 7.44. The number of aromatic nitrogens is 2. The molecule has 7 heteroatoms. The lowest BCUT2D eigenvalue weighted by Crippen LogP contribution is -2.36. The second kappa shape index (κ2) is 9.32. The van der Waals surface area contributed by atoms with Crippen molar-refractivity contribution in [2.24, 2.45) is 0 Å². The van der Waals surface area contributed by atoms with Crippen molar-refractivity contribution in [3.8, 4) is 0 Å². The van der Waals surface area contributed by atoms with E-state index in [4.69, 9.17) is 9.47 Å². The van der Waals surface area contributed by atoms with Crippen molar-refractivity contribution in [1.82, 2.24) is 15.3 Å². The summed E-state index contributed by atoms with van der Waals surface area (Å²) in [7, 11) is 0. The van der Waals surface area contributed by atoms with E-state index in [1.807, 2.05) is 13.0 Å². The smallest absolute Gasteiger partial charge is 0.227 e. The minimum absolute atomic E-state index is 0.264. The Balaban J connectivity index is 1.37. The van der Waals surface area contributed by atoms with E-state index in [0.29, 0.717) is 5.95 Å². The fourth-order valence-corrected chi connectivity index (χ4v) is 3.54. The minimum atomic E-state index is 0.264. The Hall–Kier alpha value is -2.22. The van der Waals surface area contributed by atoms with Crippen LogP contribution in [0.15, 0.2) is 36.5 Å². The molecular weight excluding hydrogens is 354 g/mol. The molecule has 3 heterocycles. The quantitative estimate of drug-likeness (QED) is 0.796. The Bertz CT molecular complexity index is 743. The van der Waals surface area contributed by atoms with Crippen LogP contribution in [0.4, 0.5) is 17.3 Å². The number of nitrogens with one attached hydrogen (secondary N) is 2. The number of anilines is 3. The van der Waals surface area contributed by atoms with Gasteiger partial charge >= 0.3 is 0 Å². The van der Waals surface area contributed by atoms with Crippen LogP contribution < -0.4 is 15.5 Å². The first-order valence-corrected chi connectivity index (χ1v) is 10.0. The molecule has 4 rings (SSSR count). The Kier molecular flexibility index (Phi) is 6.36. The number of piperidine rings is 1. The largest absolute Gasteiger partial charge is 0.378 e. The highest BCUT2D eigenvalue weighted by atomic mass is 16.5. The third-order valence-corrected chi connectivity index (χ3v) is 5.15. The summed E-state index contributed by atoms with van der Waals surface area (Å²) in [4.78, 5) is 11.3. The summed E-state index contributed by atoms with van der Waals surface area (Å²) in [5.41, 5.74) is 3.00. The van der Waals surface area contributed by atoms with E-state index >= 15 is 0 Å². The van der Waals surface area contributed by atoms with Crippen LogP contribution in [0.5, 0.6) is 0 Å². The SMILES string of the molecule is C[C](OC1CCNCC1)c1ccnc(Nc2ccc(N3CCOCC3)cc2)n1. The van der Waals surface area contributed by atoms with E-state index < -0.39 is 0 Å². The van der Waals surface area contributed by atoms with Crippen LogP contribution in [0.25, 0.3) is 0 Å². The van der Waals surface area contributed by atoms with Gasteiger partial charge in [-0.25, -0.2) is 9.97 Å². The number of hydrogen-bond donors (Lipinski definition) is 2. The van der Waals surface area contributed by atoms with Gasteiger partial charge in [0.05, 0.1) is 25.0 Å². The summed E-state index contributed by atoms with van der Waals surface area (Å²) in [5, 5.41) is 6.64. The van der Waals surface area contributed by atoms with Gasteiger partial charge in [0.25, 0.3) is 0 Å². The van der Waals surface area contributed by atoms with Crippen molar-refractivity contribution in [3.63, 3.8) is 0 Å². The first-order chi connectivity index (χ1) is 13.8. The summed E-state index contributed by atoms with van der Waals surface area (Å²) in [6, 6.07) is 10.2. The molecule has 0 aliphatic carbocycles. The summed E-state index contributed by atoms with van der Waals surface area (Å²) >= 11 is 0. The molecule has 2 N–H and O–H groups in total. The predicted molar refractivity (Wildman–Crippen MR) is 110 cm³/mol. The Morgan fingerprint density at radius 2 is 1.89 bits per heavy atom. The van der Waals surface area contributed by atoms with E-state index in [-0.39, 0.29) is 6.10 Å². The van der Waals surface area contributed by atoms with Gasteiger partial charge in [0.1, 0.15) is 6.10 Å². The zero-order valence-electron chi connectivity index (χ0n) is 16.4. The van der Waals surface area contributed by atoms with Gasteiger partial charge in [-0.2, -0.15) is 0 Å². The molecule has 2 fully saturated rings. The Labute approximate surface area is 166 Å². The average Bonchev–Trinajstić information content (AvgIpc) is 2.76. The molecule has 0 saturated carbocycles. The van der Waals surface area contributed by atoms with Crippen LogP contribution in [-0.4, -0.2) is 55.5 Å². The summed E-state index contributed by atoms with van der Waals surface area (Å²) in [6.07, 6.45) is 4.94. The topological polar surface area (TPSA) is 71.5 Å². The van der Waals surface area contributed by atoms with E-state index in [0.717, 1.165) is 69.7 Å². The van der Waals surface area contributed by atoms with Crippen molar-refractivity contribution in [3.05, 3.63) is 48.3 Å². The van der Waals surface area contributed by atoms with Gasteiger partial charge in [-0.1, -0.05) is 0 Å². The van der Waals surface area contributed by atoms with Crippen LogP contribution in [-0.2, 0) is 9.47 Å². The molecule has 0 spiro atoms. The van der Waals surface area contributed by atoms with Crippen LogP contribution in [0, 0.1) is 6.10 Å². The first kappa shape index (κ1) is 19.1. The molecule has 0 bridgehead atoms. The van der Waals surface area contributed by atoms with Gasteiger partial charge in [-0.15, -0.1) is 0 Å². The highest BCUT2D eigenvalue weighted by molar-refractivity contribution is 5.59. The van der Waals surface area contributed by atoms with Crippen LogP contribution in [0.1, 0.15) is 25.5 Å². The number of nitrogens with zero attached hydrogens (tertiary/aromatic N) is 3. The molecule has 2 aromatic rings. The van der Waals surface area contributed by atoms with Crippen molar-refractivity contribution in [2.75, 3.05) is 49.6 Å². The molecule has 0 atom stereocenters. The lowest BCUT2D eigenvalue weighted by Gasteiger charge is -2.28. The fraction of sp³-hybridized carbons (Fsp3) is 0.476. The predicted octanol–water partition coefficient (Wildman–Crippen LogP) is 2.73. The molecule has 1 aromatic heterocycles. The Morgan fingerprint density at radius 3 is 2.64 bits per heavy atom. The van der Waals surface area contributed by atoms with Gasteiger partial charge in [-0.05, 0) is 63.2 Å². The third-order valence-electron chi connectivity index (χ3n) is 5.15. The minimum Gasteiger partial charge on any atom is -0.378 e. The van der Waals surface area contributed by atoms with E-state index in [9.17, 15) is 0 Å². The molecule has 149 valence electrons. The van der Waals surface area contributed by atoms with E-state index in [2.05, 4.69) is 49.8 Å². The van der Waals surface area contributed by atoms with Crippen LogP contribution in [0.2, 0.25) is 0 Å². The van der Waals surface area contributed by atoms with Gasteiger partial charge in [-0.3, -0.25) is 0 Å². The molecule has 0 unspecified atom stereocenters. The van der Waals surface area contributed by atoms with Crippen molar-refractivity contribution < 1.29 is 9.47 Å². The van der Waals surface area contributed by atoms with E-state index in [1.54, 1.807) is 6.20 Å². The fourth-order valence-electron chi connectivity index (χ4n) is 3.54. The number of benzene rings is 1. The maximum Gasteiger partial charge on any atom is 0.227 e. The number of hydrogen-bond acceptors (Lipinski definition) is 7. The number of morpholine rings is 1. The molecule has 1 radical (unpaired) electrons. The highest BCUT2D eigenvalue weighted by Gasteiger charge is 2.19. The molecule has 1 aromatic carbocycles. The lowest BCUT2D eigenvalue weighted by molar-refractivity contribution is 0.0552. The van der Waals surface area contributed by atoms with Gasteiger partial charge in [0.15, 0.2) is 0 Å². The monoisotopic (exact) mass is 382 g/mol. The zero-order valence-corrected chi connectivity index (χ0v) is 16.4. The molecule has 28 heavy (non-hydrogen) atoms. The third kappa shape index (κ3) is 4.98. The van der Waals surface area contributed by atoms with Crippen LogP contribution >= 0.6 is 0 Å². The second-order valence-electron chi connectivity index (χ2n) is 7.16. The first-order valence-electron chi connectivity index (χ1n) is 10.0. The number of rotatable bonds is 6. The maximum atomic E-state index is 6.11. The Morgan fingerprint density at radius 1 is 1.14 bits per heavy atom. The highest BCUT2D eigenvalue weighted by Crippen LogP contribution is 2.23. The van der Waals surface area contributed by atoms with Crippen LogP contribution in [0.3, 0.4) is 0 Å². The van der Waals surface area contributed by atoms with Gasteiger partial charge in [0, 0.05) is 30.7 Å². The van der Waals surface area contributed by atoms with Crippen molar-refractivity contribution >= 4 is 17.3 Å². The molecule has 2 saturated heterocycles. The molecular formula is C21H28N5O2. The average molecular weight is 382 g/mol. The normalized spacial score (nSPS) is 18.4. The maximum absolute atomic E-state index is 6.11. The van der Waals surface area contributed by atoms with Gasteiger partial charge < -0.3 is 25.0 Å². The second-order valence-corrected chi connectivity index (χ2v) is 7.16. The molecule has 7 nitrogen and oxygen atoms in total. The van der Waals surface area contributed by atoms with Gasteiger partial charge in [0.2, 0.25) is 5.95 Å². The summed E-state index contributed by atoms with van der Waals surface area (Å²) < 4.78 is 11.5. The standard InChI is InChI=1S/C21H28N5O2/c1-16(28-19-6-9-22-10-7-19)20-8-11-23-21(25-20)24-17-2-4-18(5-3-17)26-12-14-27-15-13-26/h2-5,8,11,19,22H,6-7,9-10,12-15H2,1H3,(H,23,24,25). The molecule has 2 aliphatic rings. The van der Waals surface area contributed by atoms with Crippen molar-refractivity contribution in [2.45, 2.75) is 25.9 Å². The van der Waals surface area contributed by atoms with E-state index in [1.165, 1.54) is 5.69 Å². The lowest BCUT2D eigenvalue weighted by atomic mass is 10.1. The molecule has 0 amide bonds. The number of ether oxygens (including phenoxy) is 2.